The highest BCUT2D eigenvalue weighted by atomic mass is 16.4. The van der Waals surface area contributed by atoms with E-state index in [-0.39, 0.29) is 37.2 Å². The number of guanidine groups is 1. The molecule has 0 rings (SSSR count). The highest BCUT2D eigenvalue weighted by Crippen LogP contribution is 2.09. The first kappa shape index (κ1) is 38.0. The molecular formula is C26H49N9O7. The van der Waals surface area contributed by atoms with Gasteiger partial charge in [-0.2, -0.15) is 0 Å². The van der Waals surface area contributed by atoms with E-state index in [0.717, 1.165) is 0 Å². The van der Waals surface area contributed by atoms with Gasteiger partial charge in [0.25, 0.3) is 0 Å². The maximum Gasteiger partial charge on any atom is 0.326 e. The van der Waals surface area contributed by atoms with E-state index in [2.05, 4.69) is 31.6 Å². The van der Waals surface area contributed by atoms with Crippen molar-refractivity contribution < 1.29 is 33.9 Å². The summed E-state index contributed by atoms with van der Waals surface area (Å²) in [5.74, 6) is -4.46. The Hall–Kier alpha value is -3.95. The van der Waals surface area contributed by atoms with E-state index in [9.17, 15) is 33.9 Å². The zero-order valence-corrected chi connectivity index (χ0v) is 25.4. The van der Waals surface area contributed by atoms with Crippen molar-refractivity contribution in [1.82, 2.24) is 26.6 Å². The maximum absolute atomic E-state index is 13.0. The number of carbonyl (C=O) groups excluding carboxylic acids is 5. The maximum atomic E-state index is 13.0. The fourth-order valence-corrected chi connectivity index (χ4v) is 3.69. The minimum absolute atomic E-state index is 0.00226. The highest BCUT2D eigenvalue weighted by Gasteiger charge is 2.29. The van der Waals surface area contributed by atoms with Gasteiger partial charge in [0.2, 0.25) is 29.5 Å². The van der Waals surface area contributed by atoms with E-state index in [1.807, 2.05) is 27.7 Å². The Bertz CT molecular complexity index is 966. The largest absolute Gasteiger partial charge is 0.480 e. The van der Waals surface area contributed by atoms with Crippen LogP contribution in [0.1, 0.15) is 67.2 Å². The van der Waals surface area contributed by atoms with Crippen molar-refractivity contribution in [3.8, 4) is 0 Å². The predicted octanol–water partition coefficient (Wildman–Crippen LogP) is -2.36. The molecule has 0 spiro atoms. The summed E-state index contributed by atoms with van der Waals surface area (Å²) in [6.07, 6.45) is 0.937. The number of carboxylic acids is 1. The molecule has 0 bridgehead atoms. The number of aliphatic carboxylic acids is 1. The molecule has 16 heteroatoms. The van der Waals surface area contributed by atoms with Gasteiger partial charge in [-0.3, -0.25) is 29.0 Å². The van der Waals surface area contributed by atoms with Gasteiger partial charge in [0, 0.05) is 6.54 Å². The van der Waals surface area contributed by atoms with Crippen LogP contribution in [-0.2, 0) is 28.8 Å². The standard InChI is InChI=1S/C26H49N9O7/c1-13(2)10-18(35-24(40)19(11-14(3)4)34-21(37)15(5)27)23(39)31-12-20(36)32-16(6)22(38)33-17(25(41)42)8-7-9-30-26(28)29/h13-19H,7-12,27H2,1-6H3,(H,31,39)(H,32,36)(H,33,38)(H,34,37)(H,35,40)(H,41,42)(H4,28,29,30)/t15-,16-,17-,18-,19-/m0/s1. The van der Waals surface area contributed by atoms with Crippen molar-refractivity contribution in [2.45, 2.75) is 97.4 Å². The Kier molecular flexibility index (Phi) is 17.4. The number of nitrogens with one attached hydrogen (secondary N) is 5. The van der Waals surface area contributed by atoms with Crippen molar-refractivity contribution in [2.75, 3.05) is 13.1 Å². The van der Waals surface area contributed by atoms with Crippen LogP contribution in [0.25, 0.3) is 0 Å². The van der Waals surface area contributed by atoms with Crippen molar-refractivity contribution in [3.05, 3.63) is 0 Å². The third-order valence-electron chi connectivity index (χ3n) is 5.85. The molecule has 42 heavy (non-hydrogen) atoms. The normalized spacial score (nSPS) is 14.5. The van der Waals surface area contributed by atoms with Crippen LogP contribution in [0, 0.1) is 11.8 Å². The van der Waals surface area contributed by atoms with Gasteiger partial charge < -0.3 is 48.9 Å². The minimum atomic E-state index is -1.26. The van der Waals surface area contributed by atoms with Gasteiger partial charge in [-0.25, -0.2) is 4.79 Å². The molecule has 0 radical (unpaired) electrons. The Morgan fingerprint density at radius 1 is 0.714 bits per heavy atom. The molecule has 0 heterocycles. The van der Waals surface area contributed by atoms with E-state index >= 15 is 0 Å². The number of rotatable bonds is 19. The number of carboxylic acid groups (broad SMARTS) is 1. The van der Waals surface area contributed by atoms with Gasteiger partial charge in [-0.1, -0.05) is 27.7 Å². The molecular weight excluding hydrogens is 550 g/mol. The summed E-state index contributed by atoms with van der Waals surface area (Å²) < 4.78 is 0. The Morgan fingerprint density at radius 2 is 1.21 bits per heavy atom. The number of amides is 5. The molecule has 0 unspecified atom stereocenters. The van der Waals surface area contributed by atoms with Crippen LogP contribution in [0.15, 0.2) is 4.99 Å². The Balaban J connectivity index is 5.13. The zero-order valence-electron chi connectivity index (χ0n) is 25.4. The van der Waals surface area contributed by atoms with Crippen LogP contribution in [0.3, 0.4) is 0 Å². The quantitative estimate of drug-likeness (QED) is 0.0432. The number of aliphatic imine (C=N–C) groups is 1. The van der Waals surface area contributed by atoms with Crippen molar-refractivity contribution >= 4 is 41.5 Å². The second-order valence-electron chi connectivity index (χ2n) is 11.0. The van der Waals surface area contributed by atoms with Crippen LogP contribution < -0.4 is 43.8 Å². The van der Waals surface area contributed by atoms with Crippen LogP contribution in [0.4, 0.5) is 0 Å². The molecule has 240 valence electrons. The zero-order chi connectivity index (χ0) is 32.6. The predicted molar refractivity (Wildman–Crippen MR) is 157 cm³/mol. The lowest BCUT2D eigenvalue weighted by Crippen LogP contribution is -2.57. The van der Waals surface area contributed by atoms with Gasteiger partial charge in [-0.15, -0.1) is 0 Å². The smallest absolute Gasteiger partial charge is 0.326 e. The first-order valence-electron chi connectivity index (χ1n) is 14.0. The number of nitrogens with zero attached hydrogens (tertiary/aromatic N) is 1. The number of carbonyl (C=O) groups is 6. The molecule has 0 aromatic carbocycles. The van der Waals surface area contributed by atoms with E-state index < -0.39 is 72.3 Å². The molecule has 12 N–H and O–H groups in total. The summed E-state index contributed by atoms with van der Waals surface area (Å²) >= 11 is 0. The Morgan fingerprint density at radius 3 is 1.69 bits per heavy atom. The summed E-state index contributed by atoms with van der Waals surface area (Å²) in [4.78, 5) is 78.2. The summed E-state index contributed by atoms with van der Waals surface area (Å²) in [5, 5.41) is 21.8. The molecule has 0 saturated carbocycles. The van der Waals surface area contributed by atoms with Gasteiger partial charge in [0.1, 0.15) is 24.2 Å². The molecule has 0 saturated heterocycles. The average Bonchev–Trinajstić information content (AvgIpc) is 2.86. The second-order valence-corrected chi connectivity index (χ2v) is 11.0. The first-order valence-corrected chi connectivity index (χ1v) is 14.0. The third kappa shape index (κ3) is 16.3. The highest BCUT2D eigenvalue weighted by molar-refractivity contribution is 5.95. The fourth-order valence-electron chi connectivity index (χ4n) is 3.69. The molecule has 5 atom stereocenters. The van der Waals surface area contributed by atoms with Gasteiger partial charge >= 0.3 is 5.97 Å². The SMILES string of the molecule is CC(C)C[C@H](NC(=O)[C@H](C)N)C(=O)N[C@@H](CC(C)C)C(=O)NCC(=O)N[C@@H](C)C(=O)N[C@@H](CCCN=C(N)N)C(=O)O. The molecule has 0 aliphatic heterocycles. The molecule has 0 aliphatic carbocycles. The number of hydrogen-bond donors (Lipinski definition) is 9. The lowest BCUT2D eigenvalue weighted by Gasteiger charge is -2.25. The van der Waals surface area contributed by atoms with E-state index in [1.165, 1.54) is 13.8 Å². The lowest BCUT2D eigenvalue weighted by molar-refractivity contribution is -0.142. The van der Waals surface area contributed by atoms with Crippen LogP contribution in [0.5, 0.6) is 0 Å². The van der Waals surface area contributed by atoms with Crippen molar-refractivity contribution in [1.29, 1.82) is 0 Å². The van der Waals surface area contributed by atoms with Crippen LogP contribution >= 0.6 is 0 Å². The molecule has 0 aliphatic rings. The number of hydrogen-bond acceptors (Lipinski definition) is 8. The summed E-state index contributed by atoms with van der Waals surface area (Å²) in [5.41, 5.74) is 16.1. The van der Waals surface area contributed by atoms with Crippen molar-refractivity contribution in [3.63, 3.8) is 0 Å². The van der Waals surface area contributed by atoms with E-state index in [4.69, 9.17) is 17.2 Å². The first-order chi connectivity index (χ1) is 19.4. The van der Waals surface area contributed by atoms with Gasteiger partial charge in [-0.05, 0) is 51.4 Å². The minimum Gasteiger partial charge on any atom is -0.480 e. The third-order valence-corrected chi connectivity index (χ3v) is 5.85. The molecule has 0 aromatic rings. The van der Waals surface area contributed by atoms with Crippen molar-refractivity contribution in [2.24, 2.45) is 34.0 Å². The topological polar surface area (TPSA) is 273 Å². The summed E-state index contributed by atoms with van der Waals surface area (Å²) in [6, 6.07) is -5.05. The molecule has 5 amide bonds. The monoisotopic (exact) mass is 599 g/mol. The van der Waals surface area contributed by atoms with E-state index in [0.29, 0.717) is 12.8 Å². The molecule has 16 nitrogen and oxygen atoms in total. The second kappa shape index (κ2) is 19.2. The van der Waals surface area contributed by atoms with Gasteiger partial charge in [0.15, 0.2) is 5.96 Å². The number of nitrogens with two attached hydrogens (primary N) is 3. The lowest BCUT2D eigenvalue weighted by atomic mass is 10.00. The Labute approximate surface area is 246 Å². The average molecular weight is 600 g/mol. The molecule has 0 aromatic heterocycles. The van der Waals surface area contributed by atoms with Gasteiger partial charge in [0.05, 0.1) is 12.6 Å². The van der Waals surface area contributed by atoms with E-state index in [1.54, 1.807) is 0 Å². The summed E-state index contributed by atoms with van der Waals surface area (Å²) in [7, 11) is 0. The summed E-state index contributed by atoms with van der Waals surface area (Å²) in [6.45, 7) is 10.0. The van der Waals surface area contributed by atoms with Crippen LogP contribution in [-0.4, -0.2) is 89.9 Å². The fraction of sp³-hybridized carbons (Fsp3) is 0.731. The molecule has 0 fully saturated rings. The van der Waals surface area contributed by atoms with Crippen LogP contribution in [0.2, 0.25) is 0 Å².